The number of carbonyl (C=O) groups excluding carboxylic acids is 1. The van der Waals surface area contributed by atoms with Crippen LogP contribution in [0.3, 0.4) is 0 Å². The average molecular weight is 459 g/mol. The Morgan fingerprint density at radius 1 is 1.12 bits per heavy atom. The Hall–Kier alpha value is -3.33. The van der Waals surface area contributed by atoms with E-state index in [1.54, 1.807) is 7.05 Å². The maximum atomic E-state index is 15.2. The van der Waals surface area contributed by atoms with Gasteiger partial charge in [0.15, 0.2) is 5.82 Å². The molecule has 0 aliphatic heterocycles. The highest BCUT2D eigenvalue weighted by molar-refractivity contribution is 8.00. The van der Waals surface area contributed by atoms with Crippen LogP contribution in [-0.4, -0.2) is 30.8 Å². The summed E-state index contributed by atoms with van der Waals surface area (Å²) < 4.78 is 37.5. The van der Waals surface area contributed by atoms with Crippen LogP contribution in [0.5, 0.6) is 0 Å². The highest BCUT2D eigenvalue weighted by atomic mass is 32.2. The van der Waals surface area contributed by atoms with Crippen LogP contribution in [0.4, 0.5) is 20.3 Å². The monoisotopic (exact) mass is 458 g/mol. The molecular weight excluding hydrogens is 434 g/mol. The number of methoxy groups -OCH3 is 1. The van der Waals surface area contributed by atoms with Crippen LogP contribution in [0.25, 0.3) is 0 Å². The first-order chi connectivity index (χ1) is 15.3. The molecule has 1 heterocycles. The van der Waals surface area contributed by atoms with Crippen molar-refractivity contribution in [3.8, 4) is 0 Å². The lowest BCUT2D eigenvalue weighted by atomic mass is 10.00. The van der Waals surface area contributed by atoms with Crippen molar-refractivity contribution in [2.75, 3.05) is 24.2 Å². The van der Waals surface area contributed by atoms with E-state index in [0.717, 1.165) is 22.9 Å². The molecule has 0 radical (unpaired) electrons. The van der Waals surface area contributed by atoms with Crippen molar-refractivity contribution in [2.45, 2.75) is 24.7 Å². The van der Waals surface area contributed by atoms with Gasteiger partial charge in [0.2, 0.25) is 11.7 Å². The highest BCUT2D eigenvalue weighted by Crippen LogP contribution is 2.30. The molecule has 0 aliphatic carbocycles. The third-order valence-electron chi connectivity index (χ3n) is 4.95. The average Bonchev–Trinajstić information content (AvgIpc) is 3.22. The molecule has 1 aromatic heterocycles. The second kappa shape index (κ2) is 9.86. The zero-order valence-electron chi connectivity index (χ0n) is 18.1. The van der Waals surface area contributed by atoms with Gasteiger partial charge in [0.1, 0.15) is 11.6 Å². The van der Waals surface area contributed by atoms with Crippen molar-refractivity contribution in [3.05, 3.63) is 76.5 Å². The lowest BCUT2D eigenvalue weighted by molar-refractivity contribution is 0.103. The number of aromatic amines is 1. The number of aromatic nitrogens is 1. The number of carbonyl (C=O) groups is 1. The van der Waals surface area contributed by atoms with Gasteiger partial charge >= 0.3 is 0 Å². The lowest BCUT2D eigenvalue weighted by Crippen LogP contribution is -2.14. The van der Waals surface area contributed by atoms with Crippen molar-refractivity contribution in [2.24, 2.45) is 0 Å². The van der Waals surface area contributed by atoms with Crippen molar-refractivity contribution in [1.29, 1.82) is 5.41 Å². The number of halogens is 2. The standard InChI is InChI=1S/C23H24F2N4O2S/c1-12(2)13-5-7-14(8-6-13)32-29-17-10-9-16(24)19(20(17)25)21(30)15-11-28-23(27-3)18(15)22(26)31-4/h5-12,26-29H,1-4H3. The number of rotatable bonds is 8. The minimum atomic E-state index is -1.01. The van der Waals surface area contributed by atoms with E-state index >= 15 is 4.39 Å². The van der Waals surface area contributed by atoms with Gasteiger partial charge in [-0.2, -0.15) is 0 Å². The van der Waals surface area contributed by atoms with Crippen molar-refractivity contribution in [3.63, 3.8) is 0 Å². The van der Waals surface area contributed by atoms with Crippen LogP contribution in [0.2, 0.25) is 0 Å². The molecule has 6 nitrogen and oxygen atoms in total. The smallest absolute Gasteiger partial charge is 0.217 e. The molecule has 0 unspecified atom stereocenters. The van der Waals surface area contributed by atoms with Crippen molar-refractivity contribution >= 4 is 35.1 Å². The molecule has 0 aliphatic rings. The van der Waals surface area contributed by atoms with Gasteiger partial charge in [-0.3, -0.25) is 10.2 Å². The summed E-state index contributed by atoms with van der Waals surface area (Å²) in [5, 5.41) is 10.7. The second-order valence-electron chi connectivity index (χ2n) is 7.28. The maximum Gasteiger partial charge on any atom is 0.217 e. The van der Waals surface area contributed by atoms with Crippen LogP contribution in [-0.2, 0) is 4.74 Å². The fourth-order valence-corrected chi connectivity index (χ4v) is 3.80. The third-order valence-corrected chi connectivity index (χ3v) is 5.78. The number of anilines is 2. The Morgan fingerprint density at radius 2 is 1.81 bits per heavy atom. The topological polar surface area (TPSA) is 90.0 Å². The van der Waals surface area contributed by atoms with Crippen LogP contribution in [0, 0.1) is 17.0 Å². The van der Waals surface area contributed by atoms with E-state index in [9.17, 15) is 9.18 Å². The Morgan fingerprint density at radius 3 is 2.41 bits per heavy atom. The zero-order chi connectivity index (χ0) is 23.4. The third kappa shape index (κ3) is 4.62. The summed E-state index contributed by atoms with van der Waals surface area (Å²) in [7, 11) is 2.86. The van der Waals surface area contributed by atoms with Crippen LogP contribution >= 0.6 is 11.9 Å². The first-order valence-electron chi connectivity index (χ1n) is 9.86. The predicted molar refractivity (Wildman–Crippen MR) is 124 cm³/mol. The molecule has 0 bridgehead atoms. The summed E-state index contributed by atoms with van der Waals surface area (Å²) >= 11 is 1.16. The van der Waals surface area contributed by atoms with Crippen molar-refractivity contribution < 1.29 is 18.3 Å². The van der Waals surface area contributed by atoms with E-state index in [2.05, 4.69) is 28.9 Å². The normalized spacial score (nSPS) is 10.8. The summed E-state index contributed by atoms with van der Waals surface area (Å²) in [6.45, 7) is 4.19. The molecular formula is C23H24F2N4O2S. The van der Waals surface area contributed by atoms with Gasteiger partial charge in [-0.15, -0.1) is 0 Å². The molecule has 0 amide bonds. The van der Waals surface area contributed by atoms with Crippen LogP contribution < -0.4 is 10.0 Å². The number of ketones is 1. The second-order valence-corrected chi connectivity index (χ2v) is 8.16. The summed E-state index contributed by atoms with van der Waals surface area (Å²) in [6.07, 6.45) is 1.29. The first-order valence-corrected chi connectivity index (χ1v) is 10.7. The Bertz CT molecular complexity index is 1140. The molecule has 2 aromatic carbocycles. The van der Waals surface area contributed by atoms with Gasteiger partial charge in [-0.25, -0.2) is 8.78 Å². The highest BCUT2D eigenvalue weighted by Gasteiger charge is 2.28. The Balaban J connectivity index is 1.91. The van der Waals surface area contributed by atoms with Gasteiger partial charge in [0.05, 0.1) is 29.5 Å². The number of hydrogen-bond acceptors (Lipinski definition) is 6. The zero-order valence-corrected chi connectivity index (χ0v) is 18.9. The van der Waals surface area contributed by atoms with Gasteiger partial charge in [-0.05, 0) is 47.7 Å². The molecule has 0 fully saturated rings. The van der Waals surface area contributed by atoms with Crippen LogP contribution in [0.15, 0.2) is 47.5 Å². The number of H-pyrrole nitrogens is 1. The van der Waals surface area contributed by atoms with Crippen LogP contribution in [0.1, 0.15) is 46.8 Å². The predicted octanol–water partition coefficient (Wildman–Crippen LogP) is 5.78. The largest absolute Gasteiger partial charge is 0.481 e. The molecule has 3 aromatic rings. The number of ether oxygens (including phenoxy) is 1. The maximum absolute atomic E-state index is 15.2. The SMILES string of the molecule is CNc1[nH]cc(C(=O)c2c(F)ccc(NSc3ccc(C(C)C)cc3)c2F)c1C(=N)OC. The molecule has 0 spiro atoms. The van der Waals surface area contributed by atoms with Gasteiger partial charge in [0.25, 0.3) is 0 Å². The Labute approximate surface area is 189 Å². The van der Waals surface area contributed by atoms with Gasteiger partial charge < -0.3 is 19.8 Å². The summed E-state index contributed by atoms with van der Waals surface area (Å²) in [5.74, 6) is -2.49. The number of hydrogen-bond donors (Lipinski definition) is 4. The molecule has 9 heteroatoms. The summed E-state index contributed by atoms with van der Waals surface area (Å²) in [5.41, 5.74) is 0.461. The lowest BCUT2D eigenvalue weighted by Gasteiger charge is -2.12. The van der Waals surface area contributed by atoms with E-state index in [1.807, 2.05) is 24.3 Å². The quantitative estimate of drug-likeness (QED) is 0.149. The molecule has 3 rings (SSSR count). The number of benzene rings is 2. The van der Waals surface area contributed by atoms with E-state index in [0.29, 0.717) is 11.7 Å². The molecule has 4 N–H and O–H groups in total. The summed E-state index contributed by atoms with van der Waals surface area (Å²) in [6, 6.07) is 10.1. The number of nitrogens with one attached hydrogen (secondary N) is 4. The fourth-order valence-electron chi connectivity index (χ4n) is 3.15. The van der Waals surface area contributed by atoms with Gasteiger partial charge in [-0.1, -0.05) is 26.0 Å². The van der Waals surface area contributed by atoms with E-state index in [1.165, 1.54) is 24.9 Å². The molecule has 0 saturated carbocycles. The van der Waals surface area contributed by atoms with Crippen molar-refractivity contribution in [1.82, 2.24) is 4.98 Å². The summed E-state index contributed by atoms with van der Waals surface area (Å²) in [4.78, 5) is 16.7. The molecule has 0 atom stereocenters. The van der Waals surface area contributed by atoms with E-state index in [4.69, 9.17) is 10.1 Å². The molecule has 168 valence electrons. The molecule has 32 heavy (non-hydrogen) atoms. The molecule has 0 saturated heterocycles. The fraction of sp³-hybridized carbons (Fsp3) is 0.217. The van der Waals surface area contributed by atoms with E-state index < -0.39 is 23.0 Å². The van der Waals surface area contributed by atoms with Gasteiger partial charge in [0, 0.05) is 18.1 Å². The van der Waals surface area contributed by atoms with E-state index in [-0.39, 0.29) is 22.7 Å². The minimum absolute atomic E-state index is 0.0274. The first kappa shape index (κ1) is 23.3. The minimum Gasteiger partial charge on any atom is -0.481 e. The Kier molecular flexibility index (Phi) is 7.19.